The minimum Gasteiger partial charge on any atom is -0.326 e. The van der Waals surface area contributed by atoms with E-state index in [1.807, 2.05) is 42.5 Å². The summed E-state index contributed by atoms with van der Waals surface area (Å²) in [5, 5.41) is 4.79. The normalized spacial score (nSPS) is 16.9. The highest BCUT2D eigenvalue weighted by atomic mass is 32.2. The molecule has 1 N–H and O–H groups in total. The Hall–Kier alpha value is -3.19. The maximum atomic E-state index is 12.7. The average molecular weight is 408 g/mol. The van der Waals surface area contributed by atoms with Gasteiger partial charge in [0.05, 0.1) is 16.5 Å². The minimum atomic E-state index is -3.29. The summed E-state index contributed by atoms with van der Waals surface area (Å²) in [5.74, 6) is -0.821. The third-order valence-electron chi connectivity index (χ3n) is 5.10. The maximum Gasteiger partial charge on any atom is 0.229 e. The lowest BCUT2D eigenvalue weighted by atomic mass is 10.1. The molecule has 0 bridgehead atoms. The first-order valence-corrected chi connectivity index (χ1v) is 11.1. The number of hydrogen-bond acceptors (Lipinski definition) is 4. The summed E-state index contributed by atoms with van der Waals surface area (Å²) in [7, 11) is -3.29. The summed E-state index contributed by atoms with van der Waals surface area (Å²) < 4.78 is 23.1. The van der Waals surface area contributed by atoms with Crippen LogP contribution in [0.4, 0.5) is 11.4 Å². The molecule has 0 aliphatic carbocycles. The molecule has 0 aromatic heterocycles. The van der Waals surface area contributed by atoms with Crippen molar-refractivity contribution in [3.8, 4) is 0 Å². The lowest BCUT2D eigenvalue weighted by molar-refractivity contribution is -0.122. The summed E-state index contributed by atoms with van der Waals surface area (Å²) in [4.78, 5) is 27.1. The lowest BCUT2D eigenvalue weighted by Crippen LogP contribution is -2.28. The Kier molecular flexibility index (Phi) is 4.84. The van der Waals surface area contributed by atoms with E-state index in [-0.39, 0.29) is 23.1 Å². The number of carbonyl (C=O) groups is 2. The molecule has 0 unspecified atom stereocenters. The Balaban J connectivity index is 1.51. The van der Waals surface area contributed by atoms with Crippen LogP contribution in [0.1, 0.15) is 6.42 Å². The maximum absolute atomic E-state index is 12.7. The lowest BCUT2D eigenvalue weighted by Gasteiger charge is -2.19. The van der Waals surface area contributed by atoms with Crippen molar-refractivity contribution >= 4 is 43.8 Å². The molecule has 4 rings (SSSR count). The van der Waals surface area contributed by atoms with E-state index >= 15 is 0 Å². The van der Waals surface area contributed by atoms with Crippen LogP contribution >= 0.6 is 0 Å². The molecule has 6 nitrogen and oxygen atoms in total. The molecule has 1 aliphatic rings. The molecule has 1 heterocycles. The average Bonchev–Trinajstić information content (AvgIpc) is 3.09. The molecular weight excluding hydrogens is 388 g/mol. The predicted molar refractivity (Wildman–Crippen MR) is 113 cm³/mol. The summed E-state index contributed by atoms with van der Waals surface area (Å²) in [6, 6.07) is 19.6. The molecule has 29 heavy (non-hydrogen) atoms. The predicted octanol–water partition coefficient (Wildman–Crippen LogP) is 3.23. The number of sulfone groups is 1. The number of anilines is 2. The van der Waals surface area contributed by atoms with Gasteiger partial charge in [-0.1, -0.05) is 36.4 Å². The van der Waals surface area contributed by atoms with E-state index in [0.29, 0.717) is 12.2 Å². The van der Waals surface area contributed by atoms with Crippen molar-refractivity contribution in [3.63, 3.8) is 0 Å². The van der Waals surface area contributed by atoms with Gasteiger partial charge in [0.25, 0.3) is 0 Å². The van der Waals surface area contributed by atoms with Crippen LogP contribution in [0.25, 0.3) is 10.8 Å². The Bertz CT molecular complexity index is 1200. The number of hydrogen-bond donors (Lipinski definition) is 1. The topological polar surface area (TPSA) is 83.5 Å². The highest BCUT2D eigenvalue weighted by Gasteiger charge is 2.35. The van der Waals surface area contributed by atoms with Crippen LogP contribution in [0.5, 0.6) is 0 Å². The number of carbonyl (C=O) groups excluding carboxylic acids is 2. The fourth-order valence-corrected chi connectivity index (χ4v) is 4.22. The quantitative estimate of drug-likeness (QED) is 0.718. The molecule has 2 amide bonds. The summed E-state index contributed by atoms with van der Waals surface area (Å²) >= 11 is 0. The van der Waals surface area contributed by atoms with Gasteiger partial charge in [-0.05, 0) is 35.7 Å². The van der Waals surface area contributed by atoms with Crippen LogP contribution in [-0.2, 0) is 19.4 Å². The highest BCUT2D eigenvalue weighted by Crippen LogP contribution is 2.32. The van der Waals surface area contributed by atoms with Gasteiger partial charge in [0.15, 0.2) is 9.84 Å². The monoisotopic (exact) mass is 408 g/mol. The molecular formula is C22H20N2O4S. The van der Waals surface area contributed by atoms with Crippen molar-refractivity contribution in [2.24, 2.45) is 5.92 Å². The largest absolute Gasteiger partial charge is 0.326 e. The van der Waals surface area contributed by atoms with Crippen molar-refractivity contribution < 1.29 is 18.0 Å². The van der Waals surface area contributed by atoms with Crippen LogP contribution < -0.4 is 10.2 Å². The van der Waals surface area contributed by atoms with Crippen LogP contribution in [0.2, 0.25) is 0 Å². The van der Waals surface area contributed by atoms with Gasteiger partial charge in [0.1, 0.15) is 0 Å². The molecule has 1 atom stereocenters. The second kappa shape index (κ2) is 7.33. The van der Waals surface area contributed by atoms with Gasteiger partial charge in [0, 0.05) is 30.3 Å². The molecule has 0 spiro atoms. The van der Waals surface area contributed by atoms with Gasteiger partial charge in [-0.2, -0.15) is 0 Å². The molecule has 1 saturated heterocycles. The van der Waals surface area contributed by atoms with E-state index in [9.17, 15) is 18.0 Å². The molecule has 1 fully saturated rings. The van der Waals surface area contributed by atoms with Crippen molar-refractivity contribution in [3.05, 3.63) is 66.7 Å². The first kappa shape index (κ1) is 19.1. The molecule has 1 aliphatic heterocycles. The number of amides is 2. The summed E-state index contributed by atoms with van der Waals surface area (Å²) in [6.45, 7) is 0.306. The Morgan fingerprint density at radius 3 is 2.41 bits per heavy atom. The van der Waals surface area contributed by atoms with E-state index in [1.54, 1.807) is 17.0 Å². The molecule has 148 valence electrons. The Morgan fingerprint density at radius 1 is 1.00 bits per heavy atom. The van der Waals surface area contributed by atoms with Crippen LogP contribution in [-0.4, -0.2) is 33.0 Å². The van der Waals surface area contributed by atoms with Crippen LogP contribution in [0.15, 0.2) is 71.6 Å². The fraction of sp³-hybridized carbons (Fsp3) is 0.182. The number of rotatable bonds is 4. The zero-order chi connectivity index (χ0) is 20.6. The van der Waals surface area contributed by atoms with Gasteiger partial charge in [-0.15, -0.1) is 0 Å². The first-order valence-electron chi connectivity index (χ1n) is 9.22. The second-order valence-corrected chi connectivity index (χ2v) is 9.21. The number of fused-ring (bicyclic) bond motifs is 1. The van der Waals surface area contributed by atoms with Crippen LogP contribution in [0.3, 0.4) is 0 Å². The van der Waals surface area contributed by atoms with Crippen molar-refractivity contribution in [2.45, 2.75) is 11.3 Å². The third kappa shape index (κ3) is 3.86. The van der Waals surface area contributed by atoms with E-state index in [1.165, 1.54) is 12.1 Å². The van der Waals surface area contributed by atoms with Gasteiger partial charge in [-0.3, -0.25) is 9.59 Å². The molecule has 7 heteroatoms. The smallest absolute Gasteiger partial charge is 0.229 e. The van der Waals surface area contributed by atoms with E-state index < -0.39 is 15.8 Å². The fourth-order valence-electron chi connectivity index (χ4n) is 3.59. The van der Waals surface area contributed by atoms with E-state index in [0.717, 1.165) is 22.7 Å². The van der Waals surface area contributed by atoms with Gasteiger partial charge in [-0.25, -0.2) is 8.42 Å². The van der Waals surface area contributed by atoms with E-state index in [4.69, 9.17) is 0 Å². The Morgan fingerprint density at radius 2 is 1.69 bits per heavy atom. The minimum absolute atomic E-state index is 0.0890. The number of benzene rings is 3. The van der Waals surface area contributed by atoms with Gasteiger partial charge in [0.2, 0.25) is 11.8 Å². The van der Waals surface area contributed by atoms with Crippen LogP contribution in [0, 0.1) is 5.92 Å². The highest BCUT2D eigenvalue weighted by molar-refractivity contribution is 7.90. The summed E-state index contributed by atoms with van der Waals surface area (Å²) in [6.07, 6.45) is 1.27. The van der Waals surface area contributed by atoms with Crippen molar-refractivity contribution in [2.75, 3.05) is 23.0 Å². The zero-order valence-electron chi connectivity index (χ0n) is 15.8. The number of nitrogens with zero attached hydrogens (tertiary/aromatic N) is 1. The standard InChI is InChI=1S/C22H20N2O4S/c1-29(27,28)18-11-9-17(10-12-18)23-22(26)16-13-21(25)24(14-16)20-8-4-6-15-5-2-3-7-19(15)20/h2-12,16H,13-14H2,1H3,(H,23,26)/t16-/m0/s1. The molecule has 3 aromatic rings. The molecule has 0 radical (unpaired) electrons. The first-order chi connectivity index (χ1) is 13.8. The van der Waals surface area contributed by atoms with Gasteiger partial charge >= 0.3 is 0 Å². The van der Waals surface area contributed by atoms with Crippen molar-refractivity contribution in [1.29, 1.82) is 0 Å². The zero-order valence-corrected chi connectivity index (χ0v) is 16.6. The van der Waals surface area contributed by atoms with E-state index in [2.05, 4.69) is 5.32 Å². The third-order valence-corrected chi connectivity index (χ3v) is 6.23. The number of nitrogens with one attached hydrogen (secondary N) is 1. The Labute approximate surface area is 169 Å². The molecule has 3 aromatic carbocycles. The SMILES string of the molecule is CS(=O)(=O)c1ccc(NC(=O)[C@H]2CC(=O)N(c3cccc4ccccc34)C2)cc1. The summed E-state index contributed by atoms with van der Waals surface area (Å²) in [5.41, 5.74) is 1.30. The van der Waals surface area contributed by atoms with Gasteiger partial charge < -0.3 is 10.2 Å². The molecule has 0 saturated carbocycles. The van der Waals surface area contributed by atoms with Crippen molar-refractivity contribution in [1.82, 2.24) is 0 Å². The second-order valence-electron chi connectivity index (χ2n) is 7.19.